The number of nitrogens with two attached hydrogens (primary N) is 1. The molecule has 2 N–H and O–H groups in total. The first-order chi connectivity index (χ1) is 10.1. The highest BCUT2D eigenvalue weighted by molar-refractivity contribution is 9.10. The predicted octanol–water partition coefficient (Wildman–Crippen LogP) is 3.64. The molecule has 0 saturated heterocycles. The molecule has 0 radical (unpaired) electrons. The number of nitrogens with zero attached hydrogens (tertiary/aromatic N) is 4. The van der Waals surface area contributed by atoms with E-state index >= 15 is 0 Å². The number of benzene rings is 2. The lowest BCUT2D eigenvalue weighted by molar-refractivity contribution is 0.791. The maximum atomic E-state index is 6.25. The molecule has 1 heterocycles. The highest BCUT2D eigenvalue weighted by Crippen LogP contribution is 2.29. The van der Waals surface area contributed by atoms with Crippen molar-refractivity contribution in [1.82, 2.24) is 20.2 Å². The van der Waals surface area contributed by atoms with Gasteiger partial charge in [-0.2, -0.15) is 4.68 Å². The van der Waals surface area contributed by atoms with Crippen molar-refractivity contribution in [2.24, 2.45) is 0 Å². The van der Waals surface area contributed by atoms with Gasteiger partial charge in [-0.25, -0.2) is 0 Å². The van der Waals surface area contributed by atoms with Gasteiger partial charge in [0.1, 0.15) is 0 Å². The molecule has 106 valence electrons. The summed E-state index contributed by atoms with van der Waals surface area (Å²) in [5, 5.41) is 12.5. The Morgan fingerprint density at radius 3 is 2.76 bits per heavy atom. The Balaban J connectivity index is 2.19. The third kappa shape index (κ3) is 2.64. The lowest BCUT2D eigenvalue weighted by atomic mass is 10.1. The van der Waals surface area contributed by atoms with Crippen molar-refractivity contribution in [3.8, 4) is 17.1 Å². The fraction of sp³-hybridized carbons (Fsp3) is 0.0714. The van der Waals surface area contributed by atoms with E-state index in [0.29, 0.717) is 22.2 Å². The van der Waals surface area contributed by atoms with E-state index in [4.69, 9.17) is 17.3 Å². The smallest absolute Gasteiger partial charge is 0.187 e. The van der Waals surface area contributed by atoms with Crippen molar-refractivity contribution < 1.29 is 0 Å². The summed E-state index contributed by atoms with van der Waals surface area (Å²) in [6.07, 6.45) is 0. The highest BCUT2D eigenvalue weighted by Gasteiger charge is 2.15. The second-order valence-electron chi connectivity index (χ2n) is 4.58. The zero-order valence-corrected chi connectivity index (χ0v) is 13.4. The van der Waals surface area contributed by atoms with Crippen LogP contribution < -0.4 is 5.73 Å². The lowest BCUT2D eigenvalue weighted by Gasteiger charge is -2.09. The summed E-state index contributed by atoms with van der Waals surface area (Å²) < 4.78 is 2.52. The summed E-state index contributed by atoms with van der Waals surface area (Å²) in [5.74, 6) is 0.618. The van der Waals surface area contributed by atoms with Gasteiger partial charge in [0, 0.05) is 15.7 Å². The normalized spacial score (nSPS) is 10.8. The Kier molecular flexibility index (Phi) is 3.65. The number of aryl methyl sites for hydroxylation is 1. The molecule has 1 aromatic heterocycles. The van der Waals surface area contributed by atoms with Crippen molar-refractivity contribution in [2.75, 3.05) is 5.73 Å². The van der Waals surface area contributed by atoms with E-state index < -0.39 is 0 Å². The van der Waals surface area contributed by atoms with Crippen LogP contribution in [0.25, 0.3) is 17.1 Å². The van der Waals surface area contributed by atoms with E-state index in [2.05, 4.69) is 31.5 Å². The molecule has 5 nitrogen and oxygen atoms in total. The molecule has 0 amide bonds. The average molecular weight is 365 g/mol. The molecular weight excluding hydrogens is 354 g/mol. The molecule has 7 heteroatoms. The Hall–Kier alpha value is -1.92. The molecule has 0 aliphatic heterocycles. The predicted molar refractivity (Wildman–Crippen MR) is 86.4 cm³/mol. The van der Waals surface area contributed by atoms with Crippen LogP contribution in [0.1, 0.15) is 5.56 Å². The molecule has 0 atom stereocenters. The van der Waals surface area contributed by atoms with Crippen LogP contribution in [0.5, 0.6) is 0 Å². The van der Waals surface area contributed by atoms with Crippen LogP contribution in [0.4, 0.5) is 5.69 Å². The van der Waals surface area contributed by atoms with Gasteiger partial charge in [-0.3, -0.25) is 0 Å². The number of anilines is 1. The van der Waals surface area contributed by atoms with Gasteiger partial charge < -0.3 is 5.73 Å². The highest BCUT2D eigenvalue weighted by atomic mass is 79.9. The van der Waals surface area contributed by atoms with Crippen LogP contribution in [0.3, 0.4) is 0 Å². The first kappa shape index (κ1) is 14.0. The van der Waals surface area contributed by atoms with E-state index in [1.54, 1.807) is 10.7 Å². The molecule has 0 spiro atoms. The molecule has 0 fully saturated rings. The van der Waals surface area contributed by atoms with Crippen LogP contribution in [0.15, 0.2) is 40.9 Å². The Morgan fingerprint density at radius 1 is 1.19 bits per heavy atom. The monoisotopic (exact) mass is 363 g/mol. The van der Waals surface area contributed by atoms with E-state index in [9.17, 15) is 0 Å². The van der Waals surface area contributed by atoms with E-state index in [1.807, 2.05) is 37.3 Å². The van der Waals surface area contributed by atoms with E-state index in [1.165, 1.54) is 0 Å². The third-order valence-corrected chi connectivity index (χ3v) is 3.91. The number of aromatic nitrogens is 4. The minimum atomic E-state index is 0.569. The number of halogens is 2. The lowest BCUT2D eigenvalue weighted by Crippen LogP contribution is -2.02. The summed E-state index contributed by atoms with van der Waals surface area (Å²) in [6.45, 7) is 1.97. The van der Waals surface area contributed by atoms with Crippen LogP contribution in [0.2, 0.25) is 5.02 Å². The van der Waals surface area contributed by atoms with Gasteiger partial charge in [0.05, 0.1) is 10.7 Å². The maximum Gasteiger partial charge on any atom is 0.187 e. The zero-order valence-electron chi connectivity index (χ0n) is 11.1. The van der Waals surface area contributed by atoms with Crippen molar-refractivity contribution >= 4 is 33.2 Å². The fourth-order valence-corrected chi connectivity index (χ4v) is 2.65. The van der Waals surface area contributed by atoms with Gasteiger partial charge in [-0.05, 0) is 59.3 Å². The van der Waals surface area contributed by atoms with Gasteiger partial charge in [-0.1, -0.05) is 27.5 Å². The first-order valence-corrected chi connectivity index (χ1v) is 7.33. The average Bonchev–Trinajstić information content (AvgIpc) is 2.90. The topological polar surface area (TPSA) is 69.6 Å². The number of hydrogen-bond acceptors (Lipinski definition) is 4. The van der Waals surface area contributed by atoms with Gasteiger partial charge >= 0.3 is 0 Å². The summed E-state index contributed by atoms with van der Waals surface area (Å²) in [6, 6.07) is 11.1. The summed E-state index contributed by atoms with van der Waals surface area (Å²) in [7, 11) is 0. The third-order valence-electron chi connectivity index (χ3n) is 3.10. The fourth-order valence-electron chi connectivity index (χ4n) is 2.10. The number of nitrogen functional groups attached to an aromatic ring is 1. The molecule has 0 unspecified atom stereocenters. The Morgan fingerprint density at radius 2 is 2.00 bits per heavy atom. The van der Waals surface area contributed by atoms with Gasteiger partial charge in [0.2, 0.25) is 0 Å². The summed E-state index contributed by atoms with van der Waals surface area (Å²) in [5.41, 5.74) is 9.11. The van der Waals surface area contributed by atoms with Crippen molar-refractivity contribution in [3.05, 3.63) is 51.5 Å². The first-order valence-electron chi connectivity index (χ1n) is 6.16. The van der Waals surface area contributed by atoms with Crippen molar-refractivity contribution in [1.29, 1.82) is 0 Å². The van der Waals surface area contributed by atoms with Gasteiger partial charge in [0.15, 0.2) is 5.82 Å². The SMILES string of the molecule is Cc1cc(N)ccc1-c1nnnn1-c1cc(Br)ccc1Cl. The maximum absolute atomic E-state index is 6.25. The van der Waals surface area contributed by atoms with E-state index in [-0.39, 0.29) is 0 Å². The van der Waals surface area contributed by atoms with Crippen molar-refractivity contribution in [3.63, 3.8) is 0 Å². The molecule has 0 aliphatic carbocycles. The molecule has 3 aromatic rings. The van der Waals surface area contributed by atoms with Gasteiger partial charge in [0.25, 0.3) is 0 Å². The molecule has 0 bridgehead atoms. The zero-order chi connectivity index (χ0) is 15.0. The quantitative estimate of drug-likeness (QED) is 0.705. The minimum absolute atomic E-state index is 0.569. The van der Waals surface area contributed by atoms with Crippen LogP contribution >= 0.6 is 27.5 Å². The molecule has 21 heavy (non-hydrogen) atoms. The second-order valence-corrected chi connectivity index (χ2v) is 5.91. The van der Waals surface area contributed by atoms with E-state index in [0.717, 1.165) is 15.6 Å². The number of hydrogen-bond donors (Lipinski definition) is 1. The molecule has 0 saturated carbocycles. The molecular formula is C14H11BrClN5. The van der Waals surface area contributed by atoms with Crippen molar-refractivity contribution in [2.45, 2.75) is 6.92 Å². The summed E-state index contributed by atoms with van der Waals surface area (Å²) in [4.78, 5) is 0. The Bertz CT molecular complexity index is 815. The Labute approximate surface area is 134 Å². The number of rotatable bonds is 2. The van der Waals surface area contributed by atoms with Gasteiger partial charge in [-0.15, -0.1) is 5.10 Å². The molecule has 0 aliphatic rings. The largest absolute Gasteiger partial charge is 0.399 e. The van der Waals surface area contributed by atoms with Crippen LogP contribution in [-0.4, -0.2) is 20.2 Å². The van der Waals surface area contributed by atoms with Crippen LogP contribution in [0, 0.1) is 6.92 Å². The molecule has 2 aromatic carbocycles. The van der Waals surface area contributed by atoms with Crippen LogP contribution in [-0.2, 0) is 0 Å². The summed E-state index contributed by atoms with van der Waals surface area (Å²) >= 11 is 9.68. The molecule has 3 rings (SSSR count). The minimum Gasteiger partial charge on any atom is -0.399 e. The second kappa shape index (κ2) is 5.46. The number of tetrazole rings is 1. The standard InChI is InChI=1S/C14H11BrClN5/c1-8-6-10(17)3-4-11(8)14-18-19-20-21(14)13-7-9(15)2-5-12(13)16/h2-7H,17H2,1H3.